The minimum absolute atomic E-state index is 0.260. The SMILES string of the molecule is Cc1nnc(Sc2cc(C(F)(F)F)ccn2)s1. The molecule has 0 atom stereocenters. The Labute approximate surface area is 103 Å². The van der Waals surface area contributed by atoms with Crippen molar-refractivity contribution in [1.29, 1.82) is 0 Å². The van der Waals surface area contributed by atoms with Crippen LogP contribution in [0.1, 0.15) is 10.6 Å². The normalized spacial score (nSPS) is 11.8. The number of hydrogen-bond acceptors (Lipinski definition) is 5. The second kappa shape index (κ2) is 4.61. The number of alkyl halides is 3. The number of nitrogens with zero attached hydrogens (tertiary/aromatic N) is 3. The Morgan fingerprint density at radius 2 is 2.06 bits per heavy atom. The van der Waals surface area contributed by atoms with Crippen LogP contribution in [0, 0.1) is 6.92 Å². The monoisotopic (exact) mass is 277 g/mol. The van der Waals surface area contributed by atoms with Crippen LogP contribution in [0.3, 0.4) is 0 Å². The molecule has 0 aromatic carbocycles. The van der Waals surface area contributed by atoms with Gasteiger partial charge in [-0.3, -0.25) is 0 Å². The van der Waals surface area contributed by atoms with Gasteiger partial charge < -0.3 is 0 Å². The summed E-state index contributed by atoms with van der Waals surface area (Å²) >= 11 is 2.39. The molecule has 2 aromatic rings. The van der Waals surface area contributed by atoms with Crippen LogP contribution in [-0.4, -0.2) is 15.2 Å². The lowest BCUT2D eigenvalue weighted by Crippen LogP contribution is -2.04. The van der Waals surface area contributed by atoms with Gasteiger partial charge in [-0.25, -0.2) is 4.98 Å². The van der Waals surface area contributed by atoms with Gasteiger partial charge in [0.15, 0.2) is 4.34 Å². The van der Waals surface area contributed by atoms with E-state index in [1.54, 1.807) is 6.92 Å². The van der Waals surface area contributed by atoms with Crippen molar-refractivity contribution < 1.29 is 13.2 Å². The van der Waals surface area contributed by atoms with Gasteiger partial charge in [0.25, 0.3) is 0 Å². The highest BCUT2D eigenvalue weighted by Crippen LogP contribution is 2.33. The van der Waals surface area contributed by atoms with Crippen LogP contribution in [0.25, 0.3) is 0 Å². The second-order valence-corrected chi connectivity index (χ2v) is 5.52. The smallest absolute Gasteiger partial charge is 0.249 e. The van der Waals surface area contributed by atoms with Crippen LogP contribution in [0.2, 0.25) is 0 Å². The molecule has 90 valence electrons. The quantitative estimate of drug-likeness (QED) is 0.843. The third-order valence-electron chi connectivity index (χ3n) is 1.76. The van der Waals surface area contributed by atoms with Crippen LogP contribution in [0.4, 0.5) is 13.2 Å². The molecule has 2 rings (SSSR count). The van der Waals surface area contributed by atoms with Gasteiger partial charge in [0.1, 0.15) is 10.0 Å². The molecule has 0 aliphatic heterocycles. The summed E-state index contributed by atoms with van der Waals surface area (Å²) in [5, 5.41) is 8.62. The van der Waals surface area contributed by atoms with E-state index in [1.807, 2.05) is 0 Å². The maximum Gasteiger partial charge on any atom is 0.416 e. The van der Waals surface area contributed by atoms with Gasteiger partial charge in [0.2, 0.25) is 0 Å². The molecule has 0 spiro atoms. The van der Waals surface area contributed by atoms with Crippen molar-refractivity contribution in [2.45, 2.75) is 22.5 Å². The maximum absolute atomic E-state index is 12.4. The van der Waals surface area contributed by atoms with E-state index in [-0.39, 0.29) is 5.03 Å². The lowest BCUT2D eigenvalue weighted by Gasteiger charge is -2.06. The molecule has 0 bridgehead atoms. The second-order valence-electron chi connectivity index (χ2n) is 3.07. The van der Waals surface area contributed by atoms with Gasteiger partial charge in [0, 0.05) is 6.20 Å². The Bertz CT molecular complexity index is 524. The van der Waals surface area contributed by atoms with Gasteiger partial charge in [-0.2, -0.15) is 13.2 Å². The van der Waals surface area contributed by atoms with Crippen LogP contribution in [0.5, 0.6) is 0 Å². The summed E-state index contributed by atoms with van der Waals surface area (Å²) in [4.78, 5) is 3.86. The summed E-state index contributed by atoms with van der Waals surface area (Å²) in [5.74, 6) is 0. The molecule has 8 heteroatoms. The van der Waals surface area contributed by atoms with E-state index >= 15 is 0 Å². The van der Waals surface area contributed by atoms with E-state index < -0.39 is 11.7 Å². The highest BCUT2D eigenvalue weighted by atomic mass is 32.2. The first-order valence-electron chi connectivity index (χ1n) is 4.46. The first-order valence-corrected chi connectivity index (χ1v) is 6.09. The van der Waals surface area contributed by atoms with Crippen LogP contribution < -0.4 is 0 Å². The van der Waals surface area contributed by atoms with Crippen LogP contribution >= 0.6 is 23.1 Å². The summed E-state index contributed by atoms with van der Waals surface area (Å²) in [6.07, 6.45) is -3.21. The van der Waals surface area contributed by atoms with Crippen molar-refractivity contribution >= 4 is 23.1 Å². The van der Waals surface area contributed by atoms with Crippen molar-refractivity contribution in [3.63, 3.8) is 0 Å². The first-order chi connectivity index (χ1) is 7.95. The average Bonchev–Trinajstić information content (AvgIpc) is 2.63. The standard InChI is InChI=1S/C9H6F3N3S2/c1-5-14-15-8(16-5)17-7-4-6(2-3-13-7)9(10,11)12/h2-4H,1H3. The number of rotatable bonds is 2. The summed E-state index contributed by atoms with van der Waals surface area (Å²) in [6, 6.07) is 1.94. The molecular weight excluding hydrogens is 271 g/mol. The average molecular weight is 277 g/mol. The minimum atomic E-state index is -4.35. The first kappa shape index (κ1) is 12.3. The van der Waals surface area contributed by atoms with Gasteiger partial charge in [-0.05, 0) is 30.8 Å². The molecule has 0 saturated heterocycles. The largest absolute Gasteiger partial charge is 0.416 e. The molecular formula is C9H6F3N3S2. The molecule has 0 aliphatic rings. The van der Waals surface area contributed by atoms with Crippen molar-refractivity contribution in [1.82, 2.24) is 15.2 Å². The third-order valence-corrected chi connectivity index (χ3v) is 3.58. The highest BCUT2D eigenvalue weighted by Gasteiger charge is 2.30. The van der Waals surface area contributed by atoms with Gasteiger partial charge in [-0.1, -0.05) is 11.3 Å². The van der Waals surface area contributed by atoms with E-state index in [1.165, 1.54) is 11.3 Å². The molecule has 2 aromatic heterocycles. The predicted octanol–water partition coefficient (Wildman–Crippen LogP) is 3.41. The number of aromatic nitrogens is 3. The molecule has 0 amide bonds. The molecule has 0 saturated carbocycles. The summed E-state index contributed by atoms with van der Waals surface area (Å²) < 4.78 is 37.9. The fourth-order valence-electron chi connectivity index (χ4n) is 1.05. The minimum Gasteiger partial charge on any atom is -0.249 e. The van der Waals surface area contributed by atoms with E-state index in [0.717, 1.165) is 35.1 Å². The van der Waals surface area contributed by atoms with Crippen molar-refractivity contribution in [2.75, 3.05) is 0 Å². The van der Waals surface area contributed by atoms with Crippen LogP contribution in [-0.2, 0) is 6.18 Å². The van der Waals surface area contributed by atoms with Gasteiger partial charge in [0.05, 0.1) is 5.56 Å². The predicted molar refractivity (Wildman–Crippen MR) is 58.0 cm³/mol. The van der Waals surface area contributed by atoms with Crippen molar-refractivity contribution in [3.05, 3.63) is 28.9 Å². The van der Waals surface area contributed by atoms with Gasteiger partial charge >= 0.3 is 6.18 Å². The Kier molecular flexibility index (Phi) is 3.34. The van der Waals surface area contributed by atoms with Crippen molar-refractivity contribution in [3.8, 4) is 0 Å². The number of halogens is 3. The summed E-state index contributed by atoms with van der Waals surface area (Å²) in [7, 11) is 0. The Morgan fingerprint density at radius 3 is 2.65 bits per heavy atom. The molecule has 0 unspecified atom stereocenters. The van der Waals surface area contributed by atoms with Crippen molar-refractivity contribution in [2.24, 2.45) is 0 Å². The highest BCUT2D eigenvalue weighted by molar-refractivity contribution is 8.01. The zero-order valence-corrected chi connectivity index (χ0v) is 10.2. The molecule has 0 N–H and O–H groups in total. The molecule has 3 nitrogen and oxygen atoms in total. The number of aryl methyl sites for hydroxylation is 1. The Hall–Kier alpha value is -1.15. The Morgan fingerprint density at radius 1 is 1.29 bits per heavy atom. The molecule has 17 heavy (non-hydrogen) atoms. The number of pyridine rings is 1. The van der Waals surface area contributed by atoms with E-state index in [2.05, 4.69) is 15.2 Å². The topological polar surface area (TPSA) is 38.7 Å². The zero-order valence-electron chi connectivity index (χ0n) is 8.52. The van der Waals surface area contributed by atoms with E-state index in [9.17, 15) is 13.2 Å². The fraction of sp³-hybridized carbons (Fsp3) is 0.222. The fourth-order valence-corrected chi connectivity index (χ4v) is 2.81. The number of hydrogen-bond donors (Lipinski definition) is 0. The molecule has 0 radical (unpaired) electrons. The summed E-state index contributed by atoms with van der Waals surface area (Å²) in [5.41, 5.74) is -0.712. The molecule has 0 aliphatic carbocycles. The van der Waals surface area contributed by atoms with Crippen LogP contribution in [0.15, 0.2) is 27.7 Å². The van der Waals surface area contributed by atoms with Gasteiger partial charge in [-0.15, -0.1) is 10.2 Å². The third kappa shape index (κ3) is 3.16. The maximum atomic E-state index is 12.4. The lowest BCUT2D eigenvalue weighted by molar-refractivity contribution is -0.137. The molecule has 0 fully saturated rings. The Balaban J connectivity index is 2.22. The van der Waals surface area contributed by atoms with E-state index in [4.69, 9.17) is 0 Å². The molecule has 2 heterocycles. The summed E-state index contributed by atoms with van der Waals surface area (Å²) in [6.45, 7) is 1.78. The van der Waals surface area contributed by atoms with E-state index in [0.29, 0.717) is 4.34 Å². The zero-order chi connectivity index (χ0) is 12.5. The lowest BCUT2D eigenvalue weighted by atomic mass is 10.3.